The van der Waals surface area contributed by atoms with Crippen molar-refractivity contribution in [1.29, 1.82) is 0 Å². The molecule has 2 aliphatic heterocycles. The molecule has 2 saturated heterocycles. The molecule has 3 fully saturated rings. The number of nitrogens with zero attached hydrogens (tertiary/aromatic N) is 3. The third kappa shape index (κ3) is 4.17. The van der Waals surface area contributed by atoms with Gasteiger partial charge in [-0.15, -0.1) is 10.2 Å². The van der Waals surface area contributed by atoms with Crippen LogP contribution in [0.2, 0.25) is 0 Å². The second kappa shape index (κ2) is 7.88. The monoisotopic (exact) mass is 447 g/mol. The van der Waals surface area contributed by atoms with Crippen molar-refractivity contribution in [2.24, 2.45) is 0 Å². The fourth-order valence-corrected chi connectivity index (χ4v) is 5.93. The quantitative estimate of drug-likeness (QED) is 0.621. The molecule has 0 unspecified atom stereocenters. The number of piperazine rings is 1. The van der Waals surface area contributed by atoms with Crippen LogP contribution in [0.4, 0.5) is 0 Å². The van der Waals surface area contributed by atoms with Crippen LogP contribution < -0.4 is 14.8 Å². The molecule has 3 heterocycles. The molecular weight excluding hydrogens is 422 g/mol. The van der Waals surface area contributed by atoms with Crippen molar-refractivity contribution in [2.75, 3.05) is 20.2 Å². The van der Waals surface area contributed by atoms with Crippen molar-refractivity contribution in [2.45, 2.75) is 49.1 Å². The highest BCUT2D eigenvalue weighted by Crippen LogP contribution is 2.31. The maximum Gasteiger partial charge on any atom is 0.247 e. The molecule has 31 heavy (non-hydrogen) atoms. The van der Waals surface area contributed by atoms with E-state index in [1.807, 2.05) is 24.3 Å². The van der Waals surface area contributed by atoms with Crippen molar-refractivity contribution in [3.05, 3.63) is 30.2 Å². The number of benzene rings is 1. The smallest absolute Gasteiger partial charge is 0.247 e. The molecule has 1 aromatic carbocycles. The molecule has 10 nitrogen and oxygen atoms in total. The average Bonchev–Trinajstić information content (AvgIpc) is 3.40. The van der Waals surface area contributed by atoms with E-state index in [1.54, 1.807) is 7.11 Å². The Labute approximate surface area is 180 Å². The number of hydrogen-bond acceptors (Lipinski definition) is 8. The Balaban J connectivity index is 1.27. The number of amides is 1. The third-order valence-electron chi connectivity index (χ3n) is 6.13. The number of carbonyl (C=O) groups is 1. The molecule has 3 atom stereocenters. The third-order valence-corrected chi connectivity index (χ3v) is 8.14. The van der Waals surface area contributed by atoms with Gasteiger partial charge in [0, 0.05) is 37.2 Å². The summed E-state index contributed by atoms with van der Waals surface area (Å²) in [6.07, 6.45) is 2.37. The molecule has 2 N–H and O–H groups in total. The molecule has 0 bridgehead atoms. The standard InChI is InChI=1S/C20H25N5O5S/c1-29-15-4-2-12(3-5-15)20-23-22-18(30-20)9-14-10-21-19(26)17-8-13(11-25(14)17)24-31(27,28)16-6-7-16/h2-5,13-14,16-17,24H,6-11H2,1H3,(H,21,26)/t13-,14+,17-/m0/s1. The molecule has 1 amide bonds. The molecule has 3 aliphatic rings. The predicted molar refractivity (Wildman–Crippen MR) is 111 cm³/mol. The van der Waals surface area contributed by atoms with Crippen LogP contribution in [0.15, 0.2) is 28.7 Å². The lowest BCUT2D eigenvalue weighted by Gasteiger charge is -2.36. The zero-order valence-electron chi connectivity index (χ0n) is 17.2. The van der Waals surface area contributed by atoms with Crippen LogP contribution in [0, 0.1) is 0 Å². The number of carbonyl (C=O) groups excluding carboxylic acids is 1. The summed E-state index contributed by atoms with van der Waals surface area (Å²) in [7, 11) is -1.69. The first-order valence-electron chi connectivity index (χ1n) is 10.4. The summed E-state index contributed by atoms with van der Waals surface area (Å²) in [6, 6.07) is 6.70. The number of rotatable bonds is 7. The zero-order valence-corrected chi connectivity index (χ0v) is 18.0. The minimum atomic E-state index is -3.30. The van der Waals surface area contributed by atoms with E-state index in [4.69, 9.17) is 9.15 Å². The Hall–Kier alpha value is -2.50. The van der Waals surface area contributed by atoms with Crippen molar-refractivity contribution in [3.8, 4) is 17.2 Å². The van der Waals surface area contributed by atoms with Gasteiger partial charge in [-0.3, -0.25) is 9.69 Å². The number of hydrogen-bond donors (Lipinski definition) is 2. The SMILES string of the molecule is COc1ccc(-c2nnc(C[C@@H]3CNC(=O)[C@@H]4C[C@H](NS(=O)(=O)C5CC5)CN34)o2)cc1. The number of methoxy groups -OCH3 is 1. The van der Waals surface area contributed by atoms with E-state index in [0.717, 1.165) is 11.3 Å². The molecule has 1 saturated carbocycles. The van der Waals surface area contributed by atoms with E-state index >= 15 is 0 Å². The van der Waals surface area contributed by atoms with E-state index in [1.165, 1.54) is 0 Å². The summed E-state index contributed by atoms with van der Waals surface area (Å²) in [5.41, 5.74) is 0.796. The van der Waals surface area contributed by atoms with E-state index in [-0.39, 0.29) is 29.3 Å². The number of fused-ring (bicyclic) bond motifs is 1. The van der Waals surface area contributed by atoms with Gasteiger partial charge in [-0.05, 0) is 43.5 Å². The summed E-state index contributed by atoms with van der Waals surface area (Å²) in [5.74, 6) is 1.58. The summed E-state index contributed by atoms with van der Waals surface area (Å²) in [4.78, 5) is 14.4. The maximum atomic E-state index is 12.4. The summed E-state index contributed by atoms with van der Waals surface area (Å²) in [6.45, 7) is 0.950. The van der Waals surface area contributed by atoms with Crippen LogP contribution >= 0.6 is 0 Å². The van der Waals surface area contributed by atoms with Crippen molar-refractivity contribution in [3.63, 3.8) is 0 Å². The Kier molecular flexibility index (Phi) is 5.19. The Bertz CT molecular complexity index is 1070. The van der Waals surface area contributed by atoms with Crippen LogP contribution in [-0.4, -0.2) is 73.0 Å². The molecule has 2 aromatic rings. The van der Waals surface area contributed by atoms with E-state index < -0.39 is 10.0 Å². The van der Waals surface area contributed by atoms with Gasteiger partial charge in [0.25, 0.3) is 0 Å². The normalized spacial score (nSPS) is 26.5. The van der Waals surface area contributed by atoms with Crippen molar-refractivity contribution in [1.82, 2.24) is 25.1 Å². The minimum Gasteiger partial charge on any atom is -0.497 e. The Morgan fingerprint density at radius 2 is 2.03 bits per heavy atom. The fraction of sp³-hybridized carbons (Fsp3) is 0.550. The molecule has 166 valence electrons. The van der Waals surface area contributed by atoms with E-state index in [9.17, 15) is 13.2 Å². The summed E-state index contributed by atoms with van der Waals surface area (Å²) in [5, 5.41) is 11.0. The lowest BCUT2D eigenvalue weighted by molar-refractivity contribution is -0.129. The van der Waals surface area contributed by atoms with Crippen molar-refractivity contribution >= 4 is 15.9 Å². The lowest BCUT2D eigenvalue weighted by atomic mass is 10.1. The topological polar surface area (TPSA) is 127 Å². The number of sulfonamides is 1. The largest absolute Gasteiger partial charge is 0.497 e. The highest BCUT2D eigenvalue weighted by molar-refractivity contribution is 7.90. The first-order chi connectivity index (χ1) is 14.9. The van der Waals surface area contributed by atoms with Gasteiger partial charge < -0.3 is 14.5 Å². The number of nitrogens with one attached hydrogen (secondary N) is 2. The molecule has 11 heteroatoms. The van der Waals surface area contributed by atoms with Gasteiger partial charge >= 0.3 is 0 Å². The summed E-state index contributed by atoms with van der Waals surface area (Å²) < 4.78 is 38.5. The van der Waals surface area contributed by atoms with Gasteiger partial charge in [-0.2, -0.15) is 0 Å². The predicted octanol–water partition coefficient (Wildman–Crippen LogP) is 0.311. The molecule has 1 aromatic heterocycles. The fourth-order valence-electron chi connectivity index (χ4n) is 4.35. The van der Waals surface area contributed by atoms with Gasteiger partial charge in [0.05, 0.1) is 18.4 Å². The van der Waals surface area contributed by atoms with Gasteiger partial charge in [0.2, 0.25) is 27.7 Å². The van der Waals surface area contributed by atoms with Gasteiger partial charge in [0.15, 0.2) is 0 Å². The van der Waals surface area contributed by atoms with E-state index in [0.29, 0.717) is 50.6 Å². The molecule has 5 rings (SSSR count). The van der Waals surface area contributed by atoms with Crippen molar-refractivity contribution < 1.29 is 22.4 Å². The van der Waals surface area contributed by atoms with Crippen LogP contribution in [-0.2, 0) is 21.2 Å². The molecule has 1 aliphatic carbocycles. The van der Waals surface area contributed by atoms with Crippen LogP contribution in [0.25, 0.3) is 11.5 Å². The second-order valence-electron chi connectivity index (χ2n) is 8.34. The van der Waals surface area contributed by atoms with Crippen LogP contribution in [0.5, 0.6) is 5.75 Å². The van der Waals surface area contributed by atoms with Gasteiger partial charge in [-0.25, -0.2) is 13.1 Å². The van der Waals surface area contributed by atoms with Gasteiger partial charge in [0.1, 0.15) is 5.75 Å². The van der Waals surface area contributed by atoms with Crippen LogP contribution in [0.1, 0.15) is 25.2 Å². The van der Waals surface area contributed by atoms with E-state index in [2.05, 4.69) is 25.1 Å². The Morgan fingerprint density at radius 3 is 2.74 bits per heavy atom. The molecular formula is C20H25N5O5S. The number of ether oxygens (including phenoxy) is 1. The van der Waals surface area contributed by atoms with Gasteiger partial charge in [-0.1, -0.05) is 0 Å². The first kappa shape index (κ1) is 20.4. The molecule has 0 spiro atoms. The number of aromatic nitrogens is 2. The average molecular weight is 448 g/mol. The minimum absolute atomic E-state index is 0.0395. The summed E-state index contributed by atoms with van der Waals surface area (Å²) >= 11 is 0. The highest BCUT2D eigenvalue weighted by Gasteiger charge is 2.46. The van der Waals surface area contributed by atoms with Crippen LogP contribution in [0.3, 0.4) is 0 Å². The maximum absolute atomic E-state index is 12.4. The first-order valence-corrected chi connectivity index (χ1v) is 12.0. The zero-order chi connectivity index (χ0) is 21.6. The lowest BCUT2D eigenvalue weighted by Crippen LogP contribution is -2.58. The molecule has 0 radical (unpaired) electrons. The highest BCUT2D eigenvalue weighted by atomic mass is 32.2. The second-order valence-corrected chi connectivity index (χ2v) is 10.3. The Morgan fingerprint density at radius 1 is 1.26 bits per heavy atom.